The SMILES string of the molecule is CC1=C(C(=O)N(C)C)[C@@H](c2cc(C)ccc2C)NC(=O)N1. The van der Waals surface area contributed by atoms with E-state index in [9.17, 15) is 9.59 Å². The Kier molecular flexibility index (Phi) is 4.02. The second kappa shape index (κ2) is 5.60. The van der Waals surface area contributed by atoms with Crippen molar-refractivity contribution >= 4 is 11.9 Å². The number of amides is 3. The van der Waals surface area contributed by atoms with Gasteiger partial charge in [-0.3, -0.25) is 4.79 Å². The van der Waals surface area contributed by atoms with Crippen molar-refractivity contribution in [3.05, 3.63) is 46.2 Å². The van der Waals surface area contributed by atoms with Crippen LogP contribution >= 0.6 is 0 Å². The highest BCUT2D eigenvalue weighted by Crippen LogP contribution is 2.30. The van der Waals surface area contributed by atoms with Crippen LogP contribution in [-0.4, -0.2) is 30.9 Å². The van der Waals surface area contributed by atoms with E-state index in [1.165, 1.54) is 4.90 Å². The Morgan fingerprint density at radius 2 is 1.86 bits per heavy atom. The Bertz CT molecular complexity index is 632. The molecule has 0 saturated heterocycles. The first kappa shape index (κ1) is 15.1. The van der Waals surface area contributed by atoms with Crippen LogP contribution in [0.4, 0.5) is 4.79 Å². The first-order valence-electron chi connectivity index (χ1n) is 6.88. The Labute approximate surface area is 125 Å². The highest BCUT2D eigenvalue weighted by atomic mass is 16.2. The van der Waals surface area contributed by atoms with Gasteiger partial charge in [0.15, 0.2) is 0 Å². The third-order valence-corrected chi connectivity index (χ3v) is 3.65. The number of likely N-dealkylation sites (N-methyl/N-ethyl adjacent to an activating group) is 1. The van der Waals surface area contributed by atoms with Gasteiger partial charge in [-0.2, -0.15) is 0 Å². The summed E-state index contributed by atoms with van der Waals surface area (Å²) >= 11 is 0. The van der Waals surface area contributed by atoms with Crippen molar-refractivity contribution in [2.75, 3.05) is 14.1 Å². The number of hydrogen-bond donors (Lipinski definition) is 2. The summed E-state index contributed by atoms with van der Waals surface area (Å²) in [5.41, 5.74) is 4.27. The average molecular weight is 287 g/mol. The van der Waals surface area contributed by atoms with Crippen LogP contribution in [0.3, 0.4) is 0 Å². The van der Waals surface area contributed by atoms with Gasteiger partial charge >= 0.3 is 6.03 Å². The van der Waals surface area contributed by atoms with E-state index in [4.69, 9.17) is 0 Å². The summed E-state index contributed by atoms with van der Waals surface area (Å²) in [5, 5.41) is 5.54. The van der Waals surface area contributed by atoms with Crippen LogP contribution in [0.1, 0.15) is 29.7 Å². The molecule has 1 atom stereocenters. The molecule has 0 bridgehead atoms. The van der Waals surface area contributed by atoms with E-state index in [0.717, 1.165) is 16.7 Å². The van der Waals surface area contributed by atoms with Crippen molar-refractivity contribution in [1.82, 2.24) is 15.5 Å². The zero-order chi connectivity index (χ0) is 15.7. The lowest BCUT2D eigenvalue weighted by atomic mass is 9.90. The van der Waals surface area contributed by atoms with Gasteiger partial charge in [-0.1, -0.05) is 23.8 Å². The summed E-state index contributed by atoms with van der Waals surface area (Å²) in [6.45, 7) is 5.74. The maximum atomic E-state index is 12.5. The van der Waals surface area contributed by atoms with Gasteiger partial charge in [0.25, 0.3) is 5.91 Å². The second-order valence-corrected chi connectivity index (χ2v) is 5.63. The van der Waals surface area contributed by atoms with E-state index < -0.39 is 6.04 Å². The van der Waals surface area contributed by atoms with Crippen LogP contribution in [0.2, 0.25) is 0 Å². The van der Waals surface area contributed by atoms with Crippen molar-refractivity contribution in [1.29, 1.82) is 0 Å². The van der Waals surface area contributed by atoms with Gasteiger partial charge in [-0.25, -0.2) is 4.79 Å². The molecule has 5 heteroatoms. The molecule has 1 aromatic carbocycles. The maximum Gasteiger partial charge on any atom is 0.319 e. The Morgan fingerprint density at radius 3 is 2.48 bits per heavy atom. The summed E-state index contributed by atoms with van der Waals surface area (Å²) in [4.78, 5) is 25.8. The van der Waals surface area contributed by atoms with Crippen molar-refractivity contribution < 1.29 is 9.59 Å². The van der Waals surface area contributed by atoms with E-state index in [2.05, 4.69) is 10.6 Å². The second-order valence-electron chi connectivity index (χ2n) is 5.63. The molecule has 1 aromatic rings. The van der Waals surface area contributed by atoms with Gasteiger partial charge < -0.3 is 15.5 Å². The Morgan fingerprint density at radius 1 is 1.19 bits per heavy atom. The van der Waals surface area contributed by atoms with Crippen molar-refractivity contribution in [3.63, 3.8) is 0 Å². The summed E-state index contributed by atoms with van der Waals surface area (Å²) in [6.07, 6.45) is 0. The number of carbonyl (C=O) groups is 2. The molecule has 0 aliphatic carbocycles. The standard InChI is InChI=1S/C16H21N3O2/c1-9-6-7-10(2)12(8-9)14-13(15(20)19(4)5)11(3)17-16(21)18-14/h6-8,14H,1-5H3,(H2,17,18,21)/t14-/m1/s1. The quantitative estimate of drug-likeness (QED) is 0.874. The number of rotatable bonds is 2. The number of carbonyl (C=O) groups excluding carboxylic acids is 2. The third-order valence-electron chi connectivity index (χ3n) is 3.65. The molecule has 1 aliphatic heterocycles. The normalized spacial score (nSPS) is 18.1. The number of allylic oxidation sites excluding steroid dienone is 1. The van der Waals surface area contributed by atoms with Crippen molar-refractivity contribution in [2.45, 2.75) is 26.8 Å². The van der Waals surface area contributed by atoms with E-state index in [-0.39, 0.29) is 11.9 Å². The van der Waals surface area contributed by atoms with E-state index >= 15 is 0 Å². The Balaban J connectivity index is 2.58. The summed E-state index contributed by atoms with van der Waals surface area (Å²) in [7, 11) is 3.42. The lowest BCUT2D eigenvalue weighted by molar-refractivity contribution is -0.125. The number of aryl methyl sites for hydroxylation is 2. The van der Waals surface area contributed by atoms with E-state index in [1.54, 1.807) is 21.0 Å². The zero-order valence-corrected chi connectivity index (χ0v) is 13.1. The fourth-order valence-corrected chi connectivity index (χ4v) is 2.52. The molecular formula is C16H21N3O2. The minimum Gasteiger partial charge on any atom is -0.345 e. The molecule has 3 amide bonds. The molecule has 112 valence electrons. The molecule has 5 nitrogen and oxygen atoms in total. The molecule has 1 heterocycles. The number of urea groups is 1. The van der Waals surface area contributed by atoms with Gasteiger partial charge in [-0.15, -0.1) is 0 Å². The van der Waals surface area contributed by atoms with Crippen LogP contribution in [0.25, 0.3) is 0 Å². The fourth-order valence-electron chi connectivity index (χ4n) is 2.52. The molecule has 0 saturated carbocycles. The molecule has 2 N–H and O–H groups in total. The third kappa shape index (κ3) is 2.91. The van der Waals surface area contributed by atoms with Gasteiger partial charge in [0.1, 0.15) is 0 Å². The summed E-state index contributed by atoms with van der Waals surface area (Å²) < 4.78 is 0. The van der Waals surface area contributed by atoms with E-state index in [1.807, 2.05) is 32.0 Å². The number of nitrogens with one attached hydrogen (secondary N) is 2. The van der Waals surface area contributed by atoms with Crippen LogP contribution in [0.5, 0.6) is 0 Å². The van der Waals surface area contributed by atoms with Gasteiger partial charge in [0.05, 0.1) is 11.6 Å². The molecule has 0 unspecified atom stereocenters. The van der Waals surface area contributed by atoms with Crippen LogP contribution in [0, 0.1) is 13.8 Å². The maximum absolute atomic E-state index is 12.5. The number of benzene rings is 1. The number of nitrogens with zero attached hydrogens (tertiary/aromatic N) is 1. The van der Waals surface area contributed by atoms with Crippen LogP contribution in [0.15, 0.2) is 29.5 Å². The topological polar surface area (TPSA) is 61.4 Å². The average Bonchev–Trinajstić information content (AvgIpc) is 2.40. The fraction of sp³-hybridized carbons (Fsp3) is 0.375. The van der Waals surface area contributed by atoms with Gasteiger partial charge in [0, 0.05) is 19.8 Å². The largest absolute Gasteiger partial charge is 0.345 e. The zero-order valence-electron chi connectivity index (χ0n) is 13.1. The molecule has 2 rings (SSSR count). The summed E-state index contributed by atoms with van der Waals surface area (Å²) in [6, 6.07) is 5.33. The molecule has 0 radical (unpaired) electrons. The first-order valence-corrected chi connectivity index (χ1v) is 6.88. The smallest absolute Gasteiger partial charge is 0.319 e. The minimum absolute atomic E-state index is 0.106. The predicted octanol–water partition coefficient (Wildman–Crippen LogP) is 2.02. The first-order chi connectivity index (χ1) is 9.81. The monoisotopic (exact) mass is 287 g/mol. The molecule has 1 aliphatic rings. The van der Waals surface area contributed by atoms with E-state index in [0.29, 0.717) is 11.3 Å². The van der Waals surface area contributed by atoms with Crippen LogP contribution < -0.4 is 10.6 Å². The molecule has 21 heavy (non-hydrogen) atoms. The lowest BCUT2D eigenvalue weighted by Crippen LogP contribution is -2.47. The minimum atomic E-state index is -0.423. The Hall–Kier alpha value is -2.30. The predicted molar refractivity (Wildman–Crippen MR) is 81.7 cm³/mol. The molecular weight excluding hydrogens is 266 g/mol. The van der Waals surface area contributed by atoms with Gasteiger partial charge in [-0.05, 0) is 31.9 Å². The number of hydrogen-bond acceptors (Lipinski definition) is 2. The van der Waals surface area contributed by atoms with Crippen molar-refractivity contribution in [3.8, 4) is 0 Å². The lowest BCUT2D eigenvalue weighted by Gasteiger charge is -2.31. The molecule has 0 fully saturated rings. The molecule has 0 spiro atoms. The van der Waals surface area contributed by atoms with Crippen LogP contribution in [-0.2, 0) is 4.79 Å². The highest BCUT2D eigenvalue weighted by molar-refractivity contribution is 5.98. The van der Waals surface area contributed by atoms with Gasteiger partial charge in [0.2, 0.25) is 0 Å². The highest BCUT2D eigenvalue weighted by Gasteiger charge is 2.32. The molecule has 0 aromatic heterocycles. The van der Waals surface area contributed by atoms with Crippen molar-refractivity contribution in [2.24, 2.45) is 0 Å². The summed E-state index contributed by atoms with van der Waals surface area (Å²) in [5.74, 6) is -0.106.